The van der Waals surface area contributed by atoms with Crippen LogP contribution in [0.2, 0.25) is 0 Å². The van der Waals surface area contributed by atoms with Crippen molar-refractivity contribution in [2.45, 2.75) is 6.92 Å². The van der Waals surface area contributed by atoms with E-state index in [9.17, 15) is 4.79 Å². The van der Waals surface area contributed by atoms with Crippen LogP contribution < -0.4 is 4.90 Å². The molecular formula is C15H17N3O3S. The number of hydrogen-bond donors (Lipinski definition) is 0. The number of aromatic nitrogens is 2. The number of rotatable bonds is 4. The van der Waals surface area contributed by atoms with Gasteiger partial charge in [0.2, 0.25) is 0 Å². The van der Waals surface area contributed by atoms with E-state index >= 15 is 0 Å². The van der Waals surface area contributed by atoms with E-state index in [0.717, 1.165) is 28.7 Å². The zero-order valence-electron chi connectivity index (χ0n) is 12.3. The average Bonchev–Trinajstić information content (AvgIpc) is 3.02. The Morgan fingerprint density at radius 2 is 2.27 bits per heavy atom. The second kappa shape index (κ2) is 6.85. The van der Waals surface area contributed by atoms with Crippen molar-refractivity contribution in [1.29, 1.82) is 0 Å². The summed E-state index contributed by atoms with van der Waals surface area (Å²) in [7, 11) is 0. The molecule has 3 heterocycles. The molecule has 0 N–H and O–H groups in total. The molecule has 0 radical (unpaired) electrons. The molecule has 3 rings (SSSR count). The Morgan fingerprint density at radius 3 is 2.95 bits per heavy atom. The highest BCUT2D eigenvalue weighted by Gasteiger charge is 2.25. The fourth-order valence-electron chi connectivity index (χ4n) is 2.24. The van der Waals surface area contributed by atoms with Gasteiger partial charge < -0.3 is 14.4 Å². The Bertz CT molecular complexity index is 639. The molecule has 0 unspecified atom stereocenters. The van der Waals surface area contributed by atoms with Gasteiger partial charge in [0.05, 0.1) is 19.8 Å². The van der Waals surface area contributed by atoms with Crippen LogP contribution in [0.25, 0.3) is 10.6 Å². The minimum atomic E-state index is -0.379. The summed E-state index contributed by atoms with van der Waals surface area (Å²) in [5.74, 6) is -0.379. The molecule has 116 valence electrons. The van der Waals surface area contributed by atoms with E-state index in [1.807, 2.05) is 12.1 Å². The molecule has 0 saturated carbocycles. The van der Waals surface area contributed by atoms with Crippen LogP contribution in [0.1, 0.15) is 17.4 Å². The van der Waals surface area contributed by atoms with Crippen LogP contribution in [-0.2, 0) is 9.47 Å². The smallest absolute Gasteiger partial charge is 0.360 e. The predicted molar refractivity (Wildman–Crippen MR) is 84.3 cm³/mol. The minimum Gasteiger partial charge on any atom is -0.461 e. The molecule has 2 aromatic heterocycles. The molecule has 1 fully saturated rings. The van der Waals surface area contributed by atoms with Crippen molar-refractivity contribution in [1.82, 2.24) is 9.97 Å². The van der Waals surface area contributed by atoms with E-state index in [1.54, 1.807) is 19.3 Å². The standard InChI is InChI=1S/C15H17N3O3S/c1-2-21-15(19)12-14(18-6-8-20-9-7-18)22-13(17-12)11-4-3-5-16-10-11/h3-5,10H,2,6-9H2,1H3. The lowest BCUT2D eigenvalue weighted by Gasteiger charge is -2.27. The van der Waals surface area contributed by atoms with E-state index in [4.69, 9.17) is 9.47 Å². The Kier molecular flexibility index (Phi) is 4.65. The highest BCUT2D eigenvalue weighted by atomic mass is 32.1. The van der Waals surface area contributed by atoms with Crippen LogP contribution in [0.4, 0.5) is 5.00 Å². The number of carbonyl (C=O) groups is 1. The SMILES string of the molecule is CCOC(=O)c1nc(-c2cccnc2)sc1N1CCOCC1. The number of esters is 1. The second-order valence-electron chi connectivity index (χ2n) is 4.73. The fourth-order valence-corrected chi connectivity index (χ4v) is 3.33. The number of morpholine rings is 1. The summed E-state index contributed by atoms with van der Waals surface area (Å²) in [6.45, 7) is 4.94. The van der Waals surface area contributed by atoms with E-state index in [2.05, 4.69) is 14.9 Å². The number of nitrogens with zero attached hydrogens (tertiary/aromatic N) is 3. The van der Waals surface area contributed by atoms with Gasteiger partial charge in [-0.05, 0) is 19.1 Å². The van der Waals surface area contributed by atoms with Crippen LogP contribution in [0, 0.1) is 0 Å². The van der Waals surface area contributed by atoms with Gasteiger partial charge in [-0.15, -0.1) is 0 Å². The molecule has 1 aliphatic rings. The molecule has 6 nitrogen and oxygen atoms in total. The van der Waals surface area contributed by atoms with Gasteiger partial charge in [0.25, 0.3) is 0 Å². The van der Waals surface area contributed by atoms with Crippen molar-refractivity contribution in [3.63, 3.8) is 0 Å². The number of thiazole rings is 1. The number of hydrogen-bond acceptors (Lipinski definition) is 7. The van der Waals surface area contributed by atoms with Gasteiger partial charge in [-0.3, -0.25) is 4.98 Å². The van der Waals surface area contributed by atoms with Gasteiger partial charge in [0.1, 0.15) is 10.0 Å². The molecule has 0 spiro atoms. The molecule has 1 saturated heterocycles. The van der Waals surface area contributed by atoms with Gasteiger partial charge in [-0.25, -0.2) is 9.78 Å². The molecule has 2 aromatic rings. The zero-order valence-corrected chi connectivity index (χ0v) is 13.1. The molecule has 1 aliphatic heterocycles. The van der Waals surface area contributed by atoms with E-state index in [-0.39, 0.29) is 5.97 Å². The molecule has 0 bridgehead atoms. The van der Waals surface area contributed by atoms with Crippen LogP contribution in [0.15, 0.2) is 24.5 Å². The van der Waals surface area contributed by atoms with Crippen molar-refractivity contribution in [3.05, 3.63) is 30.2 Å². The zero-order chi connectivity index (χ0) is 15.4. The molecule has 0 amide bonds. The largest absolute Gasteiger partial charge is 0.461 e. The maximum Gasteiger partial charge on any atom is 0.360 e. The summed E-state index contributed by atoms with van der Waals surface area (Å²) >= 11 is 1.49. The molecule has 0 aliphatic carbocycles. The van der Waals surface area contributed by atoms with Crippen LogP contribution in [-0.4, -0.2) is 48.8 Å². The van der Waals surface area contributed by atoms with Gasteiger partial charge in [-0.1, -0.05) is 11.3 Å². The van der Waals surface area contributed by atoms with Crippen molar-refractivity contribution >= 4 is 22.3 Å². The summed E-state index contributed by atoms with van der Waals surface area (Å²) in [6.07, 6.45) is 3.46. The molecule has 0 atom stereocenters. The molecule has 22 heavy (non-hydrogen) atoms. The van der Waals surface area contributed by atoms with E-state index in [1.165, 1.54) is 11.3 Å². The first-order valence-corrected chi connectivity index (χ1v) is 8.02. The Hall–Kier alpha value is -1.99. The third-order valence-electron chi connectivity index (χ3n) is 3.28. The van der Waals surface area contributed by atoms with Crippen molar-refractivity contribution in [3.8, 4) is 10.6 Å². The quantitative estimate of drug-likeness (QED) is 0.805. The topological polar surface area (TPSA) is 64.5 Å². The number of ether oxygens (including phenoxy) is 2. The van der Waals surface area contributed by atoms with E-state index < -0.39 is 0 Å². The Balaban J connectivity index is 1.98. The van der Waals surface area contributed by atoms with Gasteiger partial charge >= 0.3 is 5.97 Å². The third-order valence-corrected chi connectivity index (χ3v) is 4.45. The number of pyridine rings is 1. The van der Waals surface area contributed by atoms with Crippen molar-refractivity contribution in [2.24, 2.45) is 0 Å². The minimum absolute atomic E-state index is 0.334. The lowest BCUT2D eigenvalue weighted by Crippen LogP contribution is -2.36. The third kappa shape index (κ3) is 3.10. The van der Waals surface area contributed by atoms with Gasteiger partial charge in [0, 0.05) is 31.0 Å². The highest BCUT2D eigenvalue weighted by molar-refractivity contribution is 7.19. The summed E-state index contributed by atoms with van der Waals surface area (Å²) < 4.78 is 10.5. The Morgan fingerprint density at radius 1 is 1.45 bits per heavy atom. The predicted octanol–water partition coefficient (Wildman–Crippen LogP) is 2.22. The van der Waals surface area contributed by atoms with Crippen LogP contribution >= 0.6 is 11.3 Å². The lowest BCUT2D eigenvalue weighted by molar-refractivity contribution is 0.0520. The summed E-state index contributed by atoms with van der Waals surface area (Å²) in [4.78, 5) is 22.9. The lowest BCUT2D eigenvalue weighted by atomic mass is 10.3. The van der Waals surface area contributed by atoms with Gasteiger partial charge in [-0.2, -0.15) is 0 Å². The summed E-state index contributed by atoms with van der Waals surface area (Å²) in [6, 6.07) is 3.79. The highest BCUT2D eigenvalue weighted by Crippen LogP contribution is 2.35. The maximum atomic E-state index is 12.2. The fraction of sp³-hybridized carbons (Fsp3) is 0.400. The molecule has 7 heteroatoms. The maximum absolute atomic E-state index is 12.2. The molecular weight excluding hydrogens is 302 g/mol. The average molecular weight is 319 g/mol. The van der Waals surface area contributed by atoms with Crippen molar-refractivity contribution in [2.75, 3.05) is 37.8 Å². The first-order valence-electron chi connectivity index (χ1n) is 7.20. The van der Waals surface area contributed by atoms with Crippen molar-refractivity contribution < 1.29 is 14.3 Å². The summed E-state index contributed by atoms with van der Waals surface area (Å²) in [5, 5.41) is 1.62. The second-order valence-corrected chi connectivity index (χ2v) is 5.71. The number of anilines is 1. The first-order chi connectivity index (χ1) is 10.8. The summed E-state index contributed by atoms with van der Waals surface area (Å²) in [5.41, 5.74) is 1.28. The molecule has 0 aromatic carbocycles. The van der Waals surface area contributed by atoms with Crippen LogP contribution in [0.3, 0.4) is 0 Å². The first kappa shape index (κ1) is 14.9. The van der Waals surface area contributed by atoms with Crippen LogP contribution in [0.5, 0.6) is 0 Å². The normalized spacial score (nSPS) is 14.9. The van der Waals surface area contributed by atoms with Gasteiger partial charge in [0.15, 0.2) is 5.69 Å². The Labute approximate surface area is 132 Å². The van der Waals surface area contributed by atoms with E-state index in [0.29, 0.717) is 25.5 Å². The number of carbonyl (C=O) groups excluding carboxylic acids is 1. The monoisotopic (exact) mass is 319 g/mol.